The Balaban J connectivity index is 1.43. The number of pyridine rings is 2. The quantitative estimate of drug-likeness (QED) is 0.498. The number of fused-ring (bicyclic) bond motifs is 2. The van der Waals surface area contributed by atoms with E-state index in [4.69, 9.17) is 22.3 Å². The van der Waals surface area contributed by atoms with Gasteiger partial charge in [0, 0.05) is 50.5 Å². The lowest BCUT2D eigenvalue weighted by molar-refractivity contribution is 0.0708. The summed E-state index contributed by atoms with van der Waals surface area (Å²) in [5.41, 5.74) is 9.89. The molecule has 4 aromatic heterocycles. The first kappa shape index (κ1) is 20.6. The Morgan fingerprint density at radius 2 is 2.06 bits per heavy atom. The Hall–Kier alpha value is -2.97. The highest BCUT2D eigenvalue weighted by molar-refractivity contribution is 6.35. The van der Waals surface area contributed by atoms with Gasteiger partial charge in [-0.25, -0.2) is 15.0 Å². The molecule has 33 heavy (non-hydrogen) atoms. The molecular formula is C24H26ClN7O. The number of hydrogen-bond donors (Lipinski definition) is 1. The van der Waals surface area contributed by atoms with Gasteiger partial charge in [0.1, 0.15) is 11.2 Å². The molecule has 1 aliphatic carbocycles. The van der Waals surface area contributed by atoms with Gasteiger partial charge in [-0.2, -0.15) is 0 Å². The van der Waals surface area contributed by atoms with E-state index in [0.717, 1.165) is 54.1 Å². The van der Waals surface area contributed by atoms with Crippen molar-refractivity contribution in [3.63, 3.8) is 0 Å². The zero-order valence-corrected chi connectivity index (χ0v) is 19.3. The number of imidazole rings is 1. The lowest BCUT2D eigenvalue weighted by Crippen LogP contribution is -2.45. The highest BCUT2D eigenvalue weighted by atomic mass is 35.5. The normalized spacial score (nSPS) is 19.0. The number of nitrogens with zero attached hydrogens (tertiary/aromatic N) is 6. The summed E-state index contributed by atoms with van der Waals surface area (Å²) in [5.74, 6) is 1.41. The third-order valence-electron chi connectivity index (χ3n) is 6.81. The Kier molecular flexibility index (Phi) is 4.88. The fourth-order valence-electron chi connectivity index (χ4n) is 4.84. The Morgan fingerprint density at radius 1 is 1.21 bits per heavy atom. The van der Waals surface area contributed by atoms with E-state index in [9.17, 15) is 4.79 Å². The number of aryl methyl sites for hydroxylation is 1. The maximum absolute atomic E-state index is 13.1. The molecule has 0 spiro atoms. The molecule has 0 aromatic carbocycles. The number of hydrogen-bond acceptors (Lipinski definition) is 5. The highest BCUT2D eigenvalue weighted by Gasteiger charge is 2.27. The van der Waals surface area contributed by atoms with Crippen LogP contribution >= 0.6 is 11.6 Å². The smallest absolute Gasteiger partial charge is 0.255 e. The SMILES string of the molecule is Cn1c(-c2cc3c(Cl)ccnc3n2CC2CC2)nc2cc(C(=O)N3CCCC(N)C3)cnc21. The highest BCUT2D eigenvalue weighted by Crippen LogP contribution is 2.37. The van der Waals surface area contributed by atoms with Gasteiger partial charge >= 0.3 is 0 Å². The van der Waals surface area contributed by atoms with Gasteiger partial charge in [0.15, 0.2) is 11.5 Å². The number of piperidine rings is 1. The summed E-state index contributed by atoms with van der Waals surface area (Å²) in [6, 6.07) is 5.76. The van der Waals surface area contributed by atoms with Gasteiger partial charge in [0.2, 0.25) is 0 Å². The number of carbonyl (C=O) groups is 1. The average Bonchev–Trinajstić information content (AvgIpc) is 3.48. The fourth-order valence-corrected chi connectivity index (χ4v) is 5.04. The molecule has 1 saturated heterocycles. The summed E-state index contributed by atoms with van der Waals surface area (Å²) >= 11 is 6.50. The van der Waals surface area contributed by atoms with Crippen LogP contribution in [0, 0.1) is 5.92 Å². The number of halogens is 1. The monoisotopic (exact) mass is 463 g/mol. The molecule has 2 fully saturated rings. The fraction of sp³-hybridized carbons (Fsp3) is 0.417. The van der Waals surface area contributed by atoms with Crippen LogP contribution in [0.1, 0.15) is 36.0 Å². The van der Waals surface area contributed by atoms with Crippen LogP contribution in [-0.2, 0) is 13.6 Å². The van der Waals surface area contributed by atoms with Crippen molar-refractivity contribution in [2.45, 2.75) is 38.3 Å². The summed E-state index contributed by atoms with van der Waals surface area (Å²) in [5, 5.41) is 1.60. The van der Waals surface area contributed by atoms with Crippen LogP contribution in [0.25, 0.3) is 33.7 Å². The van der Waals surface area contributed by atoms with Crippen molar-refractivity contribution in [1.82, 2.24) is 29.0 Å². The minimum Gasteiger partial charge on any atom is -0.337 e. The third-order valence-corrected chi connectivity index (χ3v) is 7.14. The first-order chi connectivity index (χ1) is 16.0. The molecule has 2 N–H and O–H groups in total. The van der Waals surface area contributed by atoms with Gasteiger partial charge in [-0.15, -0.1) is 0 Å². The Morgan fingerprint density at radius 3 is 2.85 bits per heavy atom. The summed E-state index contributed by atoms with van der Waals surface area (Å²) in [6.45, 7) is 2.20. The molecule has 1 aliphatic heterocycles. The lowest BCUT2D eigenvalue weighted by Gasteiger charge is -2.30. The molecule has 8 nitrogen and oxygen atoms in total. The molecule has 170 valence electrons. The van der Waals surface area contributed by atoms with Gasteiger partial charge in [-0.05, 0) is 49.8 Å². The number of likely N-dealkylation sites (tertiary alicyclic amines) is 1. The van der Waals surface area contributed by atoms with Crippen LogP contribution < -0.4 is 5.73 Å². The molecular weight excluding hydrogens is 438 g/mol. The molecule has 9 heteroatoms. The zero-order valence-electron chi connectivity index (χ0n) is 18.5. The molecule has 2 aliphatic rings. The number of aromatic nitrogens is 5. The molecule has 0 radical (unpaired) electrons. The molecule has 1 atom stereocenters. The van der Waals surface area contributed by atoms with E-state index in [1.54, 1.807) is 12.4 Å². The molecule has 4 aromatic rings. The van der Waals surface area contributed by atoms with Gasteiger partial charge in [-0.3, -0.25) is 4.79 Å². The summed E-state index contributed by atoms with van der Waals surface area (Å²) in [4.78, 5) is 29.0. The minimum atomic E-state index is -0.0365. The van der Waals surface area contributed by atoms with Crippen molar-refractivity contribution in [3.8, 4) is 11.5 Å². The average molecular weight is 464 g/mol. The van der Waals surface area contributed by atoms with E-state index in [2.05, 4.69) is 20.6 Å². The van der Waals surface area contributed by atoms with Crippen LogP contribution in [0.2, 0.25) is 5.02 Å². The van der Waals surface area contributed by atoms with E-state index in [1.165, 1.54) is 12.8 Å². The van der Waals surface area contributed by atoms with Crippen molar-refractivity contribution in [2.24, 2.45) is 18.7 Å². The molecule has 6 rings (SSSR count). The minimum absolute atomic E-state index is 0.0365. The summed E-state index contributed by atoms with van der Waals surface area (Å²) in [6.07, 6.45) is 7.74. The van der Waals surface area contributed by atoms with Gasteiger partial charge < -0.3 is 19.8 Å². The Labute approximate surface area is 196 Å². The maximum Gasteiger partial charge on any atom is 0.255 e. The first-order valence-electron chi connectivity index (χ1n) is 11.5. The number of amides is 1. The summed E-state index contributed by atoms with van der Waals surface area (Å²) in [7, 11) is 1.96. The van der Waals surface area contributed by atoms with Gasteiger partial charge in [0.25, 0.3) is 5.91 Å². The van der Waals surface area contributed by atoms with E-state index in [1.807, 2.05) is 28.6 Å². The molecule has 1 amide bonds. The predicted octanol–water partition coefficient (Wildman–Crippen LogP) is 3.61. The second-order valence-electron chi connectivity index (χ2n) is 9.33. The van der Waals surface area contributed by atoms with E-state index in [-0.39, 0.29) is 11.9 Å². The van der Waals surface area contributed by atoms with E-state index >= 15 is 0 Å². The molecule has 1 unspecified atom stereocenters. The topological polar surface area (TPSA) is 94.9 Å². The maximum atomic E-state index is 13.1. The van der Waals surface area contributed by atoms with Crippen LogP contribution in [0.3, 0.4) is 0 Å². The second-order valence-corrected chi connectivity index (χ2v) is 9.74. The van der Waals surface area contributed by atoms with Crippen molar-refractivity contribution >= 4 is 39.7 Å². The second kappa shape index (κ2) is 7.81. The number of nitrogens with two attached hydrogens (primary N) is 1. The van der Waals surface area contributed by atoms with Gasteiger partial charge in [-0.1, -0.05) is 11.6 Å². The molecule has 5 heterocycles. The van der Waals surface area contributed by atoms with Crippen LogP contribution in [0.5, 0.6) is 0 Å². The van der Waals surface area contributed by atoms with Crippen LogP contribution in [0.4, 0.5) is 0 Å². The predicted molar refractivity (Wildman–Crippen MR) is 128 cm³/mol. The summed E-state index contributed by atoms with van der Waals surface area (Å²) < 4.78 is 4.20. The van der Waals surface area contributed by atoms with Crippen molar-refractivity contribution < 1.29 is 4.79 Å². The standard InChI is InChI=1S/C24H26ClN7O/c1-30-22-19(9-15(11-28-22)24(33)31-8-2-3-16(26)13-31)29-23(30)20-10-17-18(25)6-7-27-21(17)32(20)12-14-4-5-14/h6-7,9-11,14,16H,2-5,8,12-13,26H2,1H3. The number of carbonyl (C=O) groups excluding carboxylic acids is 1. The van der Waals surface area contributed by atoms with Crippen molar-refractivity contribution in [1.29, 1.82) is 0 Å². The van der Waals surface area contributed by atoms with E-state index in [0.29, 0.717) is 28.6 Å². The third kappa shape index (κ3) is 3.57. The van der Waals surface area contributed by atoms with Crippen molar-refractivity contribution in [3.05, 3.63) is 41.2 Å². The van der Waals surface area contributed by atoms with Crippen molar-refractivity contribution in [2.75, 3.05) is 13.1 Å². The number of rotatable bonds is 4. The Bertz CT molecular complexity index is 1390. The largest absolute Gasteiger partial charge is 0.337 e. The first-order valence-corrected chi connectivity index (χ1v) is 11.9. The lowest BCUT2D eigenvalue weighted by atomic mass is 10.1. The molecule has 0 bridgehead atoms. The molecule has 1 saturated carbocycles. The van der Waals surface area contributed by atoms with Gasteiger partial charge in [0.05, 0.1) is 16.3 Å². The van der Waals surface area contributed by atoms with Crippen LogP contribution in [0.15, 0.2) is 30.6 Å². The van der Waals surface area contributed by atoms with Crippen LogP contribution in [-0.4, -0.2) is 54.0 Å². The van der Waals surface area contributed by atoms with E-state index < -0.39 is 0 Å². The zero-order chi connectivity index (χ0) is 22.7.